The summed E-state index contributed by atoms with van der Waals surface area (Å²) >= 11 is 0. The van der Waals surface area contributed by atoms with Crippen molar-refractivity contribution in [2.45, 2.75) is 19.5 Å². The van der Waals surface area contributed by atoms with Crippen LogP contribution in [-0.4, -0.2) is 26.0 Å². The van der Waals surface area contributed by atoms with Crippen LogP contribution in [-0.2, 0) is 19.5 Å². The van der Waals surface area contributed by atoms with E-state index >= 15 is 0 Å². The summed E-state index contributed by atoms with van der Waals surface area (Å²) in [5, 5.41) is 9.20. The zero-order valence-corrected chi connectivity index (χ0v) is 17.0. The van der Waals surface area contributed by atoms with E-state index in [1.807, 2.05) is 60.8 Å². The second-order valence-corrected chi connectivity index (χ2v) is 7.70. The van der Waals surface area contributed by atoms with Crippen LogP contribution in [0.3, 0.4) is 0 Å². The van der Waals surface area contributed by atoms with Gasteiger partial charge in [-0.3, -0.25) is 9.69 Å². The Labute approximate surface area is 180 Å². The van der Waals surface area contributed by atoms with Crippen LogP contribution in [0, 0.1) is 11.3 Å². The Bertz CT molecular complexity index is 1330. The standard InChI is InChI=1S/C25H21N5O/c26-15-18-6-4-9-20(14-18)30-12-5-10-21(30)16-29-13-11-23-22(17-29)25(31)28-24(27-23)19-7-2-1-3-8-19/h1-10,12,14H,11,13,16-17H2,(H,27,28,31). The summed E-state index contributed by atoms with van der Waals surface area (Å²) in [6.45, 7) is 2.11. The number of hydrogen-bond donors (Lipinski definition) is 1. The minimum Gasteiger partial charge on any atom is -0.320 e. The third-order valence-electron chi connectivity index (χ3n) is 5.67. The van der Waals surface area contributed by atoms with E-state index < -0.39 is 0 Å². The SMILES string of the molecule is N#Cc1cccc(-n2cccc2CN2CCc3nc(-c4ccccc4)[nH]c(=O)c3C2)c1. The smallest absolute Gasteiger partial charge is 0.255 e. The van der Waals surface area contributed by atoms with Gasteiger partial charge in [0.25, 0.3) is 5.56 Å². The maximum atomic E-state index is 12.8. The number of rotatable bonds is 4. The van der Waals surface area contributed by atoms with E-state index in [0.29, 0.717) is 24.5 Å². The molecule has 0 radical (unpaired) electrons. The molecule has 2 aromatic carbocycles. The summed E-state index contributed by atoms with van der Waals surface area (Å²) < 4.78 is 2.09. The van der Waals surface area contributed by atoms with Crippen molar-refractivity contribution in [1.82, 2.24) is 19.4 Å². The van der Waals surface area contributed by atoms with Gasteiger partial charge in [-0.2, -0.15) is 5.26 Å². The molecule has 2 aromatic heterocycles. The monoisotopic (exact) mass is 407 g/mol. The van der Waals surface area contributed by atoms with Crippen molar-refractivity contribution in [1.29, 1.82) is 5.26 Å². The summed E-state index contributed by atoms with van der Waals surface area (Å²) in [6, 6.07) is 23.6. The van der Waals surface area contributed by atoms with Crippen LogP contribution in [0.5, 0.6) is 0 Å². The number of aromatic nitrogens is 3. The van der Waals surface area contributed by atoms with Crippen molar-refractivity contribution in [3.8, 4) is 23.1 Å². The van der Waals surface area contributed by atoms with Gasteiger partial charge in [0.2, 0.25) is 0 Å². The van der Waals surface area contributed by atoms with E-state index in [0.717, 1.165) is 41.2 Å². The van der Waals surface area contributed by atoms with Gasteiger partial charge in [0, 0.05) is 49.2 Å². The van der Waals surface area contributed by atoms with E-state index in [4.69, 9.17) is 4.98 Å². The lowest BCUT2D eigenvalue weighted by atomic mass is 10.1. The first kappa shape index (κ1) is 19.0. The fourth-order valence-corrected chi connectivity index (χ4v) is 4.10. The van der Waals surface area contributed by atoms with E-state index in [1.54, 1.807) is 6.07 Å². The molecule has 1 aliphatic heterocycles. The largest absolute Gasteiger partial charge is 0.320 e. The molecule has 1 N–H and O–H groups in total. The molecule has 0 saturated carbocycles. The third kappa shape index (κ3) is 3.79. The van der Waals surface area contributed by atoms with E-state index in [1.165, 1.54) is 0 Å². The summed E-state index contributed by atoms with van der Waals surface area (Å²) in [7, 11) is 0. The predicted molar refractivity (Wildman–Crippen MR) is 119 cm³/mol. The highest BCUT2D eigenvalue weighted by Gasteiger charge is 2.22. The lowest BCUT2D eigenvalue weighted by molar-refractivity contribution is 0.238. The average molecular weight is 407 g/mol. The minimum atomic E-state index is -0.0642. The Kier molecular flexibility index (Phi) is 4.95. The number of hydrogen-bond acceptors (Lipinski definition) is 4. The summed E-state index contributed by atoms with van der Waals surface area (Å²) in [5.74, 6) is 0.629. The highest BCUT2D eigenvalue weighted by atomic mass is 16.1. The van der Waals surface area contributed by atoms with Gasteiger partial charge in [0.05, 0.1) is 22.9 Å². The predicted octanol–water partition coefficient (Wildman–Crippen LogP) is 3.66. The highest BCUT2D eigenvalue weighted by Crippen LogP contribution is 2.21. The van der Waals surface area contributed by atoms with Crippen molar-refractivity contribution in [2.75, 3.05) is 6.54 Å². The molecule has 0 saturated heterocycles. The quantitative estimate of drug-likeness (QED) is 0.560. The van der Waals surface area contributed by atoms with Crippen molar-refractivity contribution < 1.29 is 0 Å². The Hall–Kier alpha value is -3.95. The van der Waals surface area contributed by atoms with Crippen LogP contribution in [0.4, 0.5) is 0 Å². The average Bonchev–Trinajstić information content (AvgIpc) is 3.28. The maximum Gasteiger partial charge on any atom is 0.255 e. The van der Waals surface area contributed by atoms with E-state index in [-0.39, 0.29) is 5.56 Å². The van der Waals surface area contributed by atoms with Crippen LogP contribution >= 0.6 is 0 Å². The maximum absolute atomic E-state index is 12.8. The molecule has 31 heavy (non-hydrogen) atoms. The number of benzene rings is 2. The van der Waals surface area contributed by atoms with Crippen molar-refractivity contribution in [3.05, 3.63) is 106 Å². The highest BCUT2D eigenvalue weighted by molar-refractivity contribution is 5.54. The van der Waals surface area contributed by atoms with Crippen LogP contribution in [0.2, 0.25) is 0 Å². The Morgan fingerprint density at radius 3 is 2.77 bits per heavy atom. The van der Waals surface area contributed by atoms with E-state index in [9.17, 15) is 10.1 Å². The summed E-state index contributed by atoms with van der Waals surface area (Å²) in [6.07, 6.45) is 2.74. The molecule has 0 unspecified atom stereocenters. The summed E-state index contributed by atoms with van der Waals surface area (Å²) in [4.78, 5) is 22.8. The molecule has 6 heteroatoms. The Morgan fingerprint density at radius 2 is 1.94 bits per heavy atom. The van der Waals surface area contributed by atoms with Crippen LogP contribution in [0.25, 0.3) is 17.1 Å². The van der Waals surface area contributed by atoms with Crippen LogP contribution in [0.15, 0.2) is 77.7 Å². The van der Waals surface area contributed by atoms with Gasteiger partial charge in [0.15, 0.2) is 0 Å². The number of aromatic amines is 1. The number of H-pyrrole nitrogens is 1. The van der Waals surface area contributed by atoms with Gasteiger partial charge in [-0.15, -0.1) is 0 Å². The fourth-order valence-electron chi connectivity index (χ4n) is 4.10. The van der Waals surface area contributed by atoms with Crippen molar-refractivity contribution >= 4 is 0 Å². The van der Waals surface area contributed by atoms with Crippen molar-refractivity contribution in [2.24, 2.45) is 0 Å². The topological polar surface area (TPSA) is 77.7 Å². The zero-order valence-electron chi connectivity index (χ0n) is 17.0. The molecule has 0 fully saturated rings. The molecular formula is C25H21N5O. The second-order valence-electron chi connectivity index (χ2n) is 7.70. The molecule has 3 heterocycles. The number of fused-ring (bicyclic) bond motifs is 1. The molecule has 4 aromatic rings. The lowest BCUT2D eigenvalue weighted by Crippen LogP contribution is -2.35. The van der Waals surface area contributed by atoms with E-state index in [2.05, 4.69) is 26.6 Å². The first-order valence-corrected chi connectivity index (χ1v) is 10.3. The Balaban J connectivity index is 1.39. The van der Waals surface area contributed by atoms with Gasteiger partial charge in [0.1, 0.15) is 5.82 Å². The molecule has 0 bridgehead atoms. The fraction of sp³-hybridized carbons (Fsp3) is 0.160. The number of nitrogens with zero attached hydrogens (tertiary/aromatic N) is 4. The lowest BCUT2D eigenvalue weighted by Gasteiger charge is -2.28. The zero-order chi connectivity index (χ0) is 21.2. The van der Waals surface area contributed by atoms with Crippen LogP contribution in [0.1, 0.15) is 22.5 Å². The first-order chi connectivity index (χ1) is 15.2. The first-order valence-electron chi connectivity index (χ1n) is 10.3. The third-order valence-corrected chi connectivity index (χ3v) is 5.67. The van der Waals surface area contributed by atoms with Gasteiger partial charge in [-0.1, -0.05) is 36.4 Å². The normalized spacial score (nSPS) is 13.5. The molecule has 1 aliphatic rings. The number of nitriles is 1. The Morgan fingerprint density at radius 1 is 1.06 bits per heavy atom. The molecule has 6 nitrogen and oxygen atoms in total. The van der Waals surface area contributed by atoms with Gasteiger partial charge in [-0.05, 0) is 30.3 Å². The van der Waals surface area contributed by atoms with Crippen LogP contribution < -0.4 is 5.56 Å². The van der Waals surface area contributed by atoms with Crippen molar-refractivity contribution in [3.63, 3.8) is 0 Å². The van der Waals surface area contributed by atoms with Gasteiger partial charge < -0.3 is 9.55 Å². The minimum absolute atomic E-state index is 0.0642. The molecular weight excluding hydrogens is 386 g/mol. The molecule has 0 aliphatic carbocycles. The molecule has 5 rings (SSSR count). The molecule has 0 atom stereocenters. The number of nitrogens with one attached hydrogen (secondary N) is 1. The van der Waals surface area contributed by atoms with Gasteiger partial charge in [-0.25, -0.2) is 4.98 Å². The molecule has 152 valence electrons. The summed E-state index contributed by atoms with van der Waals surface area (Å²) in [5.41, 5.74) is 5.20. The molecule has 0 amide bonds. The second kappa shape index (κ2) is 8.05. The molecule has 0 spiro atoms. The van der Waals surface area contributed by atoms with Gasteiger partial charge >= 0.3 is 0 Å².